The summed E-state index contributed by atoms with van der Waals surface area (Å²) in [5.74, 6) is 6.55. The molecule has 0 N–H and O–H groups in total. The Bertz CT molecular complexity index is 822. The lowest BCUT2D eigenvalue weighted by Gasteiger charge is -2.10. The van der Waals surface area contributed by atoms with Crippen LogP contribution >= 0.6 is 0 Å². The lowest BCUT2D eigenvalue weighted by Crippen LogP contribution is -2.08. The van der Waals surface area contributed by atoms with Crippen molar-refractivity contribution in [3.63, 3.8) is 0 Å². The zero-order valence-electron chi connectivity index (χ0n) is 14.0. The van der Waals surface area contributed by atoms with Gasteiger partial charge in [0.05, 0.1) is 0 Å². The molecule has 0 aliphatic heterocycles. The van der Waals surface area contributed by atoms with E-state index in [1.807, 2.05) is 55.8 Å². The summed E-state index contributed by atoms with van der Waals surface area (Å²) < 4.78 is 7.67. The highest BCUT2D eigenvalue weighted by molar-refractivity contribution is 5.63. The molecule has 2 aromatic rings. The van der Waals surface area contributed by atoms with Gasteiger partial charge in [0, 0.05) is 29.7 Å². The quantitative estimate of drug-likeness (QED) is 0.804. The largest absolute Gasteiger partial charge is 0.481 e. The van der Waals surface area contributed by atoms with Crippen LogP contribution in [0.1, 0.15) is 29.4 Å². The predicted octanol–water partition coefficient (Wildman–Crippen LogP) is 3.80. The van der Waals surface area contributed by atoms with Crippen molar-refractivity contribution in [1.29, 1.82) is 0 Å². The van der Waals surface area contributed by atoms with Crippen LogP contribution in [-0.2, 0) is 0 Å². The van der Waals surface area contributed by atoms with E-state index < -0.39 is 0 Å². The summed E-state index contributed by atoms with van der Waals surface area (Å²) >= 11 is 0. The summed E-state index contributed by atoms with van der Waals surface area (Å²) in [5.41, 5.74) is 3.97. The Labute approximate surface area is 137 Å². The van der Waals surface area contributed by atoms with Crippen molar-refractivity contribution in [2.45, 2.75) is 27.7 Å². The minimum Gasteiger partial charge on any atom is -0.481 e. The molecule has 3 nitrogen and oxygen atoms in total. The second kappa shape index (κ2) is 7.51. The SMILES string of the molecule is CC#CCOc1cc(/C=C/n2c(C)cc(=O)cc2C)ccc1C. The van der Waals surface area contributed by atoms with Crippen molar-refractivity contribution >= 4 is 12.3 Å². The van der Waals surface area contributed by atoms with E-state index in [1.54, 1.807) is 19.1 Å². The molecule has 0 amide bonds. The molecule has 0 saturated heterocycles. The fourth-order valence-corrected chi connectivity index (χ4v) is 2.33. The number of aromatic nitrogens is 1. The van der Waals surface area contributed by atoms with Crippen molar-refractivity contribution in [3.05, 3.63) is 63.1 Å². The maximum absolute atomic E-state index is 11.5. The third-order valence-corrected chi connectivity index (χ3v) is 3.57. The van der Waals surface area contributed by atoms with Crippen molar-refractivity contribution in [2.24, 2.45) is 0 Å². The molecule has 0 saturated carbocycles. The number of ether oxygens (including phenoxy) is 1. The van der Waals surface area contributed by atoms with Gasteiger partial charge in [0.15, 0.2) is 5.43 Å². The van der Waals surface area contributed by atoms with E-state index in [1.165, 1.54) is 0 Å². The van der Waals surface area contributed by atoms with E-state index in [0.717, 1.165) is 28.3 Å². The van der Waals surface area contributed by atoms with Crippen LogP contribution in [0.15, 0.2) is 35.1 Å². The van der Waals surface area contributed by atoms with Crippen LogP contribution in [0.3, 0.4) is 0 Å². The molecule has 118 valence electrons. The van der Waals surface area contributed by atoms with Gasteiger partial charge in [-0.25, -0.2) is 0 Å². The van der Waals surface area contributed by atoms with Gasteiger partial charge in [-0.1, -0.05) is 18.1 Å². The smallest absolute Gasteiger partial charge is 0.182 e. The number of aryl methyl sites for hydroxylation is 3. The van der Waals surface area contributed by atoms with Crippen LogP contribution < -0.4 is 10.2 Å². The number of pyridine rings is 1. The Morgan fingerprint density at radius 1 is 1.13 bits per heavy atom. The first-order valence-electron chi connectivity index (χ1n) is 7.52. The average molecular weight is 307 g/mol. The van der Waals surface area contributed by atoms with Crippen molar-refractivity contribution in [3.8, 4) is 17.6 Å². The molecule has 0 spiro atoms. The van der Waals surface area contributed by atoms with Crippen LogP contribution in [-0.4, -0.2) is 11.2 Å². The molecule has 23 heavy (non-hydrogen) atoms. The van der Waals surface area contributed by atoms with E-state index in [9.17, 15) is 4.79 Å². The Morgan fingerprint density at radius 2 is 1.83 bits per heavy atom. The third-order valence-electron chi connectivity index (χ3n) is 3.57. The molecule has 0 aliphatic carbocycles. The number of benzene rings is 1. The van der Waals surface area contributed by atoms with Crippen molar-refractivity contribution in [1.82, 2.24) is 4.57 Å². The number of rotatable bonds is 4. The van der Waals surface area contributed by atoms with E-state index in [-0.39, 0.29) is 5.43 Å². The van der Waals surface area contributed by atoms with Crippen molar-refractivity contribution < 1.29 is 4.74 Å². The molecular weight excluding hydrogens is 286 g/mol. The first kappa shape index (κ1) is 16.6. The van der Waals surface area contributed by atoms with Gasteiger partial charge in [-0.2, -0.15) is 0 Å². The normalized spacial score (nSPS) is 10.4. The highest BCUT2D eigenvalue weighted by atomic mass is 16.5. The summed E-state index contributed by atoms with van der Waals surface area (Å²) in [6.45, 7) is 8.04. The highest BCUT2D eigenvalue weighted by Gasteiger charge is 2.01. The molecule has 2 rings (SSSR count). The van der Waals surface area contributed by atoms with E-state index in [0.29, 0.717) is 6.61 Å². The van der Waals surface area contributed by atoms with E-state index in [2.05, 4.69) is 11.8 Å². The molecule has 3 heteroatoms. The molecule has 1 aromatic heterocycles. The highest BCUT2D eigenvalue weighted by Crippen LogP contribution is 2.20. The second-order valence-electron chi connectivity index (χ2n) is 5.40. The topological polar surface area (TPSA) is 31.2 Å². The van der Waals surface area contributed by atoms with E-state index in [4.69, 9.17) is 4.74 Å². The molecule has 0 fully saturated rings. The molecule has 1 heterocycles. The molecule has 0 aliphatic rings. The minimum atomic E-state index is 0.0349. The van der Waals surface area contributed by atoms with Gasteiger partial charge in [-0.3, -0.25) is 4.79 Å². The third kappa shape index (κ3) is 4.37. The Hall–Kier alpha value is -2.73. The van der Waals surface area contributed by atoms with Gasteiger partial charge in [0.25, 0.3) is 0 Å². The second-order valence-corrected chi connectivity index (χ2v) is 5.40. The molecule has 0 unspecified atom stereocenters. The zero-order chi connectivity index (χ0) is 16.8. The lowest BCUT2D eigenvalue weighted by molar-refractivity contribution is 0.367. The summed E-state index contributed by atoms with van der Waals surface area (Å²) in [6.07, 6.45) is 3.96. The predicted molar refractivity (Wildman–Crippen MR) is 95.5 cm³/mol. The van der Waals surface area contributed by atoms with Gasteiger partial charge in [0.1, 0.15) is 12.4 Å². The zero-order valence-corrected chi connectivity index (χ0v) is 14.0. The number of nitrogens with zero attached hydrogens (tertiary/aromatic N) is 1. The van der Waals surface area contributed by atoms with Crippen LogP contribution in [0.25, 0.3) is 12.3 Å². The standard InChI is InChI=1S/C20H21NO2/c1-5-6-11-23-20-14-18(8-7-15(20)2)9-10-21-16(3)12-19(22)13-17(21)4/h7-10,12-14H,11H2,1-4H3/b10-9+. The van der Waals surface area contributed by atoms with Crippen LogP contribution in [0.2, 0.25) is 0 Å². The van der Waals surface area contributed by atoms with Gasteiger partial charge in [-0.05, 0) is 51.0 Å². The van der Waals surface area contributed by atoms with Crippen LogP contribution in [0.4, 0.5) is 0 Å². The fourth-order valence-electron chi connectivity index (χ4n) is 2.33. The molecule has 0 bridgehead atoms. The van der Waals surface area contributed by atoms with Crippen molar-refractivity contribution in [2.75, 3.05) is 6.61 Å². The van der Waals surface area contributed by atoms with E-state index >= 15 is 0 Å². The van der Waals surface area contributed by atoms with Crippen LogP contribution in [0, 0.1) is 32.6 Å². The molecule has 0 atom stereocenters. The van der Waals surface area contributed by atoms with Gasteiger partial charge in [-0.15, -0.1) is 5.92 Å². The average Bonchev–Trinajstić information content (AvgIpc) is 2.49. The summed E-state index contributed by atoms with van der Waals surface area (Å²) in [6, 6.07) is 9.32. The molecule has 1 aromatic carbocycles. The number of hydrogen-bond donors (Lipinski definition) is 0. The Morgan fingerprint density at radius 3 is 2.48 bits per heavy atom. The maximum Gasteiger partial charge on any atom is 0.182 e. The Balaban J connectivity index is 2.27. The minimum absolute atomic E-state index is 0.0349. The molecular formula is C20H21NO2. The van der Waals surface area contributed by atoms with Crippen LogP contribution in [0.5, 0.6) is 5.75 Å². The van der Waals surface area contributed by atoms with Gasteiger partial charge < -0.3 is 9.30 Å². The first-order valence-corrected chi connectivity index (χ1v) is 7.52. The Kier molecular flexibility index (Phi) is 5.43. The summed E-state index contributed by atoms with van der Waals surface area (Å²) in [4.78, 5) is 11.5. The number of hydrogen-bond acceptors (Lipinski definition) is 2. The maximum atomic E-state index is 11.5. The first-order chi connectivity index (χ1) is 11.0. The monoisotopic (exact) mass is 307 g/mol. The summed E-state index contributed by atoms with van der Waals surface area (Å²) in [5, 5.41) is 0. The van der Waals surface area contributed by atoms with Gasteiger partial charge >= 0.3 is 0 Å². The lowest BCUT2D eigenvalue weighted by atomic mass is 10.1. The molecule has 0 radical (unpaired) electrons. The summed E-state index contributed by atoms with van der Waals surface area (Å²) in [7, 11) is 0. The van der Waals surface area contributed by atoms with Gasteiger partial charge in [0.2, 0.25) is 0 Å². The fraction of sp³-hybridized carbons (Fsp3) is 0.250.